The van der Waals surface area contributed by atoms with Crippen molar-refractivity contribution in [3.8, 4) is 5.75 Å². The zero-order chi connectivity index (χ0) is 13.8. The molecule has 2 aromatic rings. The van der Waals surface area contributed by atoms with E-state index in [9.17, 15) is 0 Å². The Hall–Kier alpha value is -1.03. The maximum Gasteiger partial charge on any atom is 0.121 e. The van der Waals surface area contributed by atoms with E-state index in [0.717, 1.165) is 22.0 Å². The molecule has 0 amide bonds. The molecule has 0 radical (unpaired) electrons. The molecule has 0 atom stereocenters. The van der Waals surface area contributed by atoms with Crippen molar-refractivity contribution in [1.82, 2.24) is 0 Å². The molecule has 2 aromatic carbocycles. The van der Waals surface area contributed by atoms with Crippen molar-refractivity contribution in [2.75, 3.05) is 12.8 Å². The van der Waals surface area contributed by atoms with Gasteiger partial charge in [0.05, 0.1) is 12.1 Å². The largest absolute Gasteiger partial charge is 0.497 e. The third-order valence-corrected chi connectivity index (χ3v) is 4.32. The first-order valence-electron chi connectivity index (χ1n) is 5.60. The Kier molecular flexibility index (Phi) is 4.86. The van der Waals surface area contributed by atoms with Crippen LogP contribution < -0.4 is 10.5 Å². The minimum absolute atomic E-state index is 0.678. The van der Waals surface area contributed by atoms with Gasteiger partial charge >= 0.3 is 0 Å². The van der Waals surface area contributed by atoms with Crippen molar-refractivity contribution in [3.63, 3.8) is 0 Å². The van der Waals surface area contributed by atoms with Gasteiger partial charge in [-0.3, -0.25) is 0 Å². The van der Waals surface area contributed by atoms with Gasteiger partial charge in [-0.15, -0.1) is 11.8 Å². The van der Waals surface area contributed by atoms with E-state index in [1.807, 2.05) is 18.2 Å². The maximum absolute atomic E-state index is 6.12. The quantitative estimate of drug-likeness (QED) is 0.645. The summed E-state index contributed by atoms with van der Waals surface area (Å²) in [6.07, 6.45) is 0. The van der Waals surface area contributed by atoms with Crippen molar-refractivity contribution in [1.29, 1.82) is 0 Å². The van der Waals surface area contributed by atoms with E-state index in [1.165, 1.54) is 0 Å². The summed E-state index contributed by atoms with van der Waals surface area (Å²) in [5.74, 6) is 1.51. The predicted octanol–water partition coefficient (Wildman–Crippen LogP) is 4.88. The van der Waals surface area contributed by atoms with Gasteiger partial charge in [0.2, 0.25) is 0 Å². The third-order valence-electron chi connectivity index (χ3n) is 2.51. The minimum atomic E-state index is 0.678. The lowest BCUT2D eigenvalue weighted by Crippen LogP contribution is -1.91. The fourth-order valence-corrected chi connectivity index (χ4v) is 3.06. The van der Waals surface area contributed by atoms with Crippen LogP contribution in [0.15, 0.2) is 41.3 Å². The number of nitrogens with two attached hydrogens (primary N) is 1. The molecule has 0 unspecified atom stereocenters. The Labute approximate surface area is 126 Å². The van der Waals surface area contributed by atoms with Gasteiger partial charge < -0.3 is 10.5 Å². The average molecular weight is 314 g/mol. The Morgan fingerprint density at radius 3 is 2.68 bits per heavy atom. The van der Waals surface area contributed by atoms with Gasteiger partial charge in [-0.25, -0.2) is 0 Å². The summed E-state index contributed by atoms with van der Waals surface area (Å²) in [5.41, 5.74) is 7.59. The number of anilines is 1. The van der Waals surface area contributed by atoms with Gasteiger partial charge in [-0.1, -0.05) is 23.2 Å². The van der Waals surface area contributed by atoms with Crippen LogP contribution in [0.3, 0.4) is 0 Å². The van der Waals surface area contributed by atoms with Crippen molar-refractivity contribution in [3.05, 3.63) is 52.0 Å². The maximum atomic E-state index is 6.12. The number of methoxy groups -OCH3 is 1. The highest BCUT2D eigenvalue weighted by molar-refractivity contribution is 7.98. The van der Waals surface area contributed by atoms with Crippen LogP contribution in [0.25, 0.3) is 0 Å². The summed E-state index contributed by atoms with van der Waals surface area (Å²) < 4.78 is 5.19. The zero-order valence-corrected chi connectivity index (χ0v) is 12.6. The number of hydrogen-bond acceptors (Lipinski definition) is 3. The highest BCUT2D eigenvalue weighted by Gasteiger charge is 2.05. The number of halogens is 2. The topological polar surface area (TPSA) is 35.2 Å². The van der Waals surface area contributed by atoms with E-state index in [0.29, 0.717) is 15.7 Å². The summed E-state index contributed by atoms with van der Waals surface area (Å²) in [6, 6.07) is 11.1. The Bertz CT molecular complexity index is 590. The molecular weight excluding hydrogens is 301 g/mol. The van der Waals surface area contributed by atoms with Crippen LogP contribution in [0.2, 0.25) is 10.0 Å². The molecule has 5 heteroatoms. The molecule has 0 aromatic heterocycles. The van der Waals surface area contributed by atoms with E-state index >= 15 is 0 Å². The summed E-state index contributed by atoms with van der Waals surface area (Å²) in [7, 11) is 1.62. The average Bonchev–Trinajstić information content (AvgIpc) is 2.39. The van der Waals surface area contributed by atoms with Gasteiger partial charge in [0.15, 0.2) is 0 Å². The molecule has 0 fully saturated rings. The molecule has 2 N–H and O–H groups in total. The van der Waals surface area contributed by atoms with Gasteiger partial charge in [0, 0.05) is 27.4 Å². The number of rotatable bonds is 4. The van der Waals surface area contributed by atoms with Crippen molar-refractivity contribution in [2.45, 2.75) is 10.6 Å². The molecule has 19 heavy (non-hydrogen) atoms. The lowest BCUT2D eigenvalue weighted by Gasteiger charge is -2.08. The molecule has 2 nitrogen and oxygen atoms in total. The second-order valence-corrected chi connectivity index (χ2v) is 5.84. The number of ether oxygens (including phenoxy) is 1. The van der Waals surface area contributed by atoms with Crippen LogP contribution in [-0.2, 0) is 5.75 Å². The molecule has 0 aliphatic rings. The minimum Gasteiger partial charge on any atom is -0.497 e. The standard InChI is InChI=1S/C14H13Cl2NOS/c1-18-12-5-9(4-11(17)7-12)8-19-14-6-10(15)2-3-13(14)16/h2-7H,8,17H2,1H3. The third kappa shape index (κ3) is 3.96. The van der Waals surface area contributed by atoms with Crippen molar-refractivity contribution < 1.29 is 4.74 Å². The van der Waals surface area contributed by atoms with Gasteiger partial charge in [0.1, 0.15) is 5.75 Å². The molecule has 100 valence electrons. The molecule has 0 saturated carbocycles. The molecule has 0 saturated heterocycles. The fourth-order valence-electron chi connectivity index (χ4n) is 1.64. The molecule has 2 rings (SSSR count). The van der Waals surface area contributed by atoms with Crippen LogP contribution in [0.1, 0.15) is 5.56 Å². The van der Waals surface area contributed by atoms with E-state index in [-0.39, 0.29) is 0 Å². The highest BCUT2D eigenvalue weighted by Crippen LogP contribution is 2.33. The second-order valence-electron chi connectivity index (χ2n) is 3.98. The van der Waals surface area contributed by atoms with Crippen LogP contribution in [0, 0.1) is 0 Å². The van der Waals surface area contributed by atoms with Gasteiger partial charge in [-0.05, 0) is 35.9 Å². The Balaban J connectivity index is 2.14. The first kappa shape index (κ1) is 14.4. The molecule has 0 bridgehead atoms. The number of hydrogen-bond donors (Lipinski definition) is 1. The number of nitrogen functional groups attached to an aromatic ring is 1. The predicted molar refractivity (Wildman–Crippen MR) is 83.4 cm³/mol. The smallest absolute Gasteiger partial charge is 0.121 e. The number of benzene rings is 2. The van der Waals surface area contributed by atoms with Gasteiger partial charge in [-0.2, -0.15) is 0 Å². The normalized spacial score (nSPS) is 10.5. The Morgan fingerprint density at radius 2 is 1.95 bits per heavy atom. The first-order chi connectivity index (χ1) is 9.08. The van der Waals surface area contributed by atoms with Crippen LogP contribution >= 0.6 is 35.0 Å². The fraction of sp³-hybridized carbons (Fsp3) is 0.143. The highest BCUT2D eigenvalue weighted by atomic mass is 35.5. The first-order valence-corrected chi connectivity index (χ1v) is 7.34. The second kappa shape index (κ2) is 6.42. The van der Waals surface area contributed by atoms with E-state index in [2.05, 4.69) is 0 Å². The van der Waals surface area contributed by atoms with Crippen LogP contribution in [0.5, 0.6) is 5.75 Å². The summed E-state index contributed by atoms with van der Waals surface area (Å²) in [5, 5.41) is 1.38. The van der Waals surface area contributed by atoms with E-state index in [4.69, 9.17) is 33.7 Å². The van der Waals surface area contributed by atoms with Crippen LogP contribution in [-0.4, -0.2) is 7.11 Å². The molecule has 0 aliphatic heterocycles. The van der Waals surface area contributed by atoms with Crippen molar-refractivity contribution in [2.24, 2.45) is 0 Å². The lowest BCUT2D eigenvalue weighted by molar-refractivity contribution is 0.414. The van der Waals surface area contributed by atoms with Crippen LogP contribution in [0.4, 0.5) is 5.69 Å². The summed E-state index contributed by atoms with van der Waals surface area (Å²) >= 11 is 13.7. The lowest BCUT2D eigenvalue weighted by atomic mass is 10.2. The zero-order valence-electron chi connectivity index (χ0n) is 10.3. The molecule has 0 heterocycles. The summed E-state index contributed by atoms with van der Waals surface area (Å²) in [4.78, 5) is 0.954. The SMILES string of the molecule is COc1cc(N)cc(CSc2cc(Cl)ccc2Cl)c1. The molecule has 0 spiro atoms. The van der Waals surface area contributed by atoms with Crippen molar-refractivity contribution >= 4 is 40.7 Å². The summed E-state index contributed by atoms with van der Waals surface area (Å²) in [6.45, 7) is 0. The Morgan fingerprint density at radius 1 is 1.16 bits per heavy atom. The molecular formula is C14H13Cl2NOS. The van der Waals surface area contributed by atoms with E-state index < -0.39 is 0 Å². The monoisotopic (exact) mass is 313 g/mol. The van der Waals surface area contributed by atoms with Gasteiger partial charge in [0.25, 0.3) is 0 Å². The number of thioether (sulfide) groups is 1. The van der Waals surface area contributed by atoms with E-state index in [1.54, 1.807) is 37.1 Å². The molecule has 0 aliphatic carbocycles.